The van der Waals surface area contributed by atoms with Crippen LogP contribution in [-0.2, 0) is 6.54 Å². The summed E-state index contributed by atoms with van der Waals surface area (Å²) in [4.78, 5) is 2.66. The van der Waals surface area contributed by atoms with Crippen LogP contribution in [0.2, 0.25) is 0 Å². The van der Waals surface area contributed by atoms with Gasteiger partial charge in [0.1, 0.15) is 0 Å². The first-order valence-corrected chi connectivity index (χ1v) is 8.66. The summed E-state index contributed by atoms with van der Waals surface area (Å²) in [5, 5.41) is 11.2. The molecule has 3 rings (SSSR count). The molecule has 0 aliphatic carbocycles. The van der Waals surface area contributed by atoms with Crippen LogP contribution >= 0.6 is 0 Å². The predicted molar refractivity (Wildman–Crippen MR) is 91.6 cm³/mol. The number of benzene rings is 1. The third kappa shape index (κ3) is 3.00. The molecule has 22 heavy (non-hydrogen) atoms. The minimum Gasteiger partial charge on any atom is -0.385 e. The van der Waals surface area contributed by atoms with Crippen molar-refractivity contribution in [3.8, 4) is 0 Å². The molecule has 2 unspecified atom stereocenters. The second-order valence-corrected chi connectivity index (χ2v) is 7.46. The van der Waals surface area contributed by atoms with Crippen molar-refractivity contribution < 1.29 is 5.11 Å². The summed E-state index contributed by atoms with van der Waals surface area (Å²) in [7, 11) is 0. The fourth-order valence-corrected chi connectivity index (χ4v) is 4.34. The van der Waals surface area contributed by atoms with Gasteiger partial charge < -0.3 is 5.11 Å². The molecule has 120 valence electrons. The molecular weight excluding hydrogens is 270 g/mol. The molecule has 2 heterocycles. The number of allylic oxidation sites excluding steroid dienone is 1. The van der Waals surface area contributed by atoms with Crippen molar-refractivity contribution in [3.05, 3.63) is 47.0 Å². The molecular formula is C20H29NO. The predicted octanol–water partition coefficient (Wildman–Crippen LogP) is 4.29. The fraction of sp³-hybridized carbons (Fsp3) is 0.600. The van der Waals surface area contributed by atoms with E-state index in [1.54, 1.807) is 0 Å². The molecule has 1 aromatic carbocycles. The van der Waals surface area contributed by atoms with E-state index in [9.17, 15) is 5.11 Å². The molecule has 2 aliphatic heterocycles. The lowest BCUT2D eigenvalue weighted by atomic mass is 9.71. The zero-order valence-corrected chi connectivity index (χ0v) is 14.2. The zero-order chi connectivity index (χ0) is 15.7. The van der Waals surface area contributed by atoms with Crippen molar-refractivity contribution >= 4 is 0 Å². The van der Waals surface area contributed by atoms with E-state index in [2.05, 4.69) is 56.0 Å². The number of aliphatic hydroxyl groups is 1. The van der Waals surface area contributed by atoms with Crippen LogP contribution in [0.1, 0.15) is 58.4 Å². The van der Waals surface area contributed by atoms with Gasteiger partial charge in [-0.25, -0.2) is 0 Å². The van der Waals surface area contributed by atoms with Crippen LogP contribution in [0.15, 0.2) is 41.5 Å². The molecule has 0 spiro atoms. The molecule has 1 aromatic rings. The number of nitrogens with zero attached hydrogens (tertiary/aromatic N) is 1. The number of piperidine rings is 2. The van der Waals surface area contributed by atoms with Gasteiger partial charge in [-0.1, -0.05) is 42.3 Å². The Balaban J connectivity index is 1.81. The maximum absolute atomic E-state index is 11.2. The van der Waals surface area contributed by atoms with E-state index in [1.807, 2.05) is 0 Å². The van der Waals surface area contributed by atoms with E-state index < -0.39 is 5.60 Å². The van der Waals surface area contributed by atoms with Crippen molar-refractivity contribution in [2.75, 3.05) is 0 Å². The normalized spacial score (nSPS) is 31.8. The van der Waals surface area contributed by atoms with Crippen LogP contribution in [0.3, 0.4) is 0 Å². The maximum atomic E-state index is 11.2. The summed E-state index contributed by atoms with van der Waals surface area (Å²) in [5.74, 6) is 0. The van der Waals surface area contributed by atoms with Crippen molar-refractivity contribution in [2.45, 2.75) is 77.1 Å². The summed E-state index contributed by atoms with van der Waals surface area (Å²) >= 11 is 0. The Morgan fingerprint density at radius 3 is 2.23 bits per heavy atom. The average molecular weight is 299 g/mol. The highest BCUT2D eigenvalue weighted by Gasteiger charge is 2.46. The molecule has 0 aromatic heterocycles. The van der Waals surface area contributed by atoms with E-state index in [0.29, 0.717) is 12.1 Å². The largest absolute Gasteiger partial charge is 0.385 e. The Labute approximate surface area is 134 Å². The molecule has 2 fully saturated rings. The standard InChI is InChI=1S/C20H29NO/c1-15(2)16(3)20(22)12-18-10-7-11-19(13-20)21(18)14-17-8-5-4-6-9-17/h4-6,8-9,18-19,22H,7,10-14H2,1-3H3. The first-order chi connectivity index (χ1) is 10.5. The van der Waals surface area contributed by atoms with Gasteiger partial charge in [0.2, 0.25) is 0 Å². The Hall–Kier alpha value is -1.12. The van der Waals surface area contributed by atoms with Gasteiger partial charge in [-0.2, -0.15) is 0 Å². The van der Waals surface area contributed by atoms with Gasteiger partial charge in [0, 0.05) is 18.6 Å². The molecule has 2 saturated heterocycles. The van der Waals surface area contributed by atoms with E-state index in [4.69, 9.17) is 0 Å². The zero-order valence-electron chi connectivity index (χ0n) is 14.2. The SMILES string of the molecule is CC(C)=C(C)C1(O)CC2CCCC(C1)N2Cc1ccccc1. The molecule has 0 saturated carbocycles. The van der Waals surface area contributed by atoms with Crippen molar-refractivity contribution in [3.63, 3.8) is 0 Å². The topological polar surface area (TPSA) is 23.5 Å². The van der Waals surface area contributed by atoms with Gasteiger partial charge in [0.25, 0.3) is 0 Å². The minimum atomic E-state index is -0.582. The van der Waals surface area contributed by atoms with Crippen molar-refractivity contribution in [1.29, 1.82) is 0 Å². The molecule has 2 atom stereocenters. The third-order valence-electron chi connectivity index (χ3n) is 5.82. The van der Waals surface area contributed by atoms with Crippen LogP contribution in [-0.4, -0.2) is 27.7 Å². The monoisotopic (exact) mass is 299 g/mol. The second-order valence-electron chi connectivity index (χ2n) is 7.46. The summed E-state index contributed by atoms with van der Waals surface area (Å²) < 4.78 is 0. The lowest BCUT2D eigenvalue weighted by molar-refractivity contribution is -0.0755. The van der Waals surface area contributed by atoms with Crippen molar-refractivity contribution in [1.82, 2.24) is 4.90 Å². The van der Waals surface area contributed by atoms with Gasteiger partial charge in [0.05, 0.1) is 5.60 Å². The summed E-state index contributed by atoms with van der Waals surface area (Å²) in [5.41, 5.74) is 3.28. The van der Waals surface area contributed by atoms with Gasteiger partial charge in [-0.3, -0.25) is 4.90 Å². The van der Waals surface area contributed by atoms with Gasteiger partial charge >= 0.3 is 0 Å². The van der Waals surface area contributed by atoms with E-state index in [-0.39, 0.29) is 0 Å². The second kappa shape index (κ2) is 6.17. The van der Waals surface area contributed by atoms with Gasteiger partial charge in [0.15, 0.2) is 0 Å². The molecule has 0 amide bonds. The summed E-state index contributed by atoms with van der Waals surface area (Å²) in [6.07, 6.45) is 5.55. The minimum absolute atomic E-state index is 0.520. The van der Waals surface area contributed by atoms with Crippen LogP contribution in [0.5, 0.6) is 0 Å². The highest BCUT2D eigenvalue weighted by Crippen LogP contribution is 2.43. The van der Waals surface area contributed by atoms with Crippen LogP contribution in [0.4, 0.5) is 0 Å². The molecule has 2 nitrogen and oxygen atoms in total. The van der Waals surface area contributed by atoms with E-state index in [1.165, 1.54) is 36.0 Å². The van der Waals surface area contributed by atoms with E-state index in [0.717, 1.165) is 19.4 Å². The molecule has 2 bridgehead atoms. The lowest BCUT2D eigenvalue weighted by Gasteiger charge is -2.52. The number of hydrogen-bond donors (Lipinski definition) is 1. The Morgan fingerprint density at radius 1 is 1.09 bits per heavy atom. The quantitative estimate of drug-likeness (QED) is 0.842. The molecule has 1 N–H and O–H groups in total. The molecule has 0 radical (unpaired) electrons. The maximum Gasteiger partial charge on any atom is 0.0886 e. The highest BCUT2D eigenvalue weighted by atomic mass is 16.3. The lowest BCUT2D eigenvalue weighted by Crippen LogP contribution is -2.57. The first kappa shape index (κ1) is 15.8. The summed E-state index contributed by atoms with van der Waals surface area (Å²) in [6.45, 7) is 7.40. The Kier molecular flexibility index (Phi) is 4.42. The third-order valence-corrected chi connectivity index (χ3v) is 5.82. The van der Waals surface area contributed by atoms with Gasteiger partial charge in [-0.05, 0) is 57.6 Å². The van der Waals surface area contributed by atoms with Crippen LogP contribution in [0, 0.1) is 0 Å². The Bertz CT molecular complexity index is 530. The average Bonchev–Trinajstić information content (AvgIpc) is 2.48. The summed E-state index contributed by atoms with van der Waals surface area (Å²) in [6, 6.07) is 11.8. The number of hydrogen-bond acceptors (Lipinski definition) is 2. The van der Waals surface area contributed by atoms with E-state index >= 15 is 0 Å². The molecule has 2 aliphatic rings. The molecule has 2 heteroatoms. The van der Waals surface area contributed by atoms with Crippen LogP contribution in [0.25, 0.3) is 0 Å². The number of fused-ring (bicyclic) bond motifs is 2. The van der Waals surface area contributed by atoms with Gasteiger partial charge in [-0.15, -0.1) is 0 Å². The fourth-order valence-electron chi connectivity index (χ4n) is 4.34. The first-order valence-electron chi connectivity index (χ1n) is 8.66. The van der Waals surface area contributed by atoms with Crippen LogP contribution < -0.4 is 0 Å². The smallest absolute Gasteiger partial charge is 0.0886 e. The highest BCUT2D eigenvalue weighted by molar-refractivity contribution is 5.23. The van der Waals surface area contributed by atoms with Crippen molar-refractivity contribution in [2.24, 2.45) is 0 Å². The number of rotatable bonds is 3. The Morgan fingerprint density at radius 2 is 1.68 bits per heavy atom.